The summed E-state index contributed by atoms with van der Waals surface area (Å²) >= 11 is 7.07. The van der Waals surface area contributed by atoms with Crippen molar-refractivity contribution in [2.24, 2.45) is 5.41 Å². The molecule has 0 spiro atoms. The lowest BCUT2D eigenvalue weighted by Gasteiger charge is -2.37. The Labute approximate surface area is 131 Å². The van der Waals surface area contributed by atoms with Crippen LogP contribution >= 0.6 is 31.9 Å². The third-order valence-corrected chi connectivity index (χ3v) is 5.71. The first-order valence-corrected chi connectivity index (χ1v) is 8.47. The van der Waals surface area contributed by atoms with Gasteiger partial charge in [-0.05, 0) is 12.1 Å². The van der Waals surface area contributed by atoms with Gasteiger partial charge in [-0.1, -0.05) is 44.0 Å². The van der Waals surface area contributed by atoms with Crippen LogP contribution in [0.1, 0.15) is 11.9 Å². The molecule has 1 aliphatic rings. The van der Waals surface area contributed by atoms with Crippen LogP contribution in [0, 0.1) is 5.41 Å². The molecule has 19 heavy (non-hydrogen) atoms. The summed E-state index contributed by atoms with van der Waals surface area (Å²) in [7, 11) is 4.06. The van der Waals surface area contributed by atoms with Gasteiger partial charge in [0.2, 0.25) is 0 Å². The molecule has 0 amide bonds. The average molecular weight is 393 g/mol. The fourth-order valence-corrected chi connectivity index (χ4v) is 3.48. The lowest BCUT2D eigenvalue weighted by Crippen LogP contribution is -2.41. The first kappa shape index (κ1) is 15.3. The van der Waals surface area contributed by atoms with Gasteiger partial charge in [-0.2, -0.15) is 0 Å². The normalized spacial score (nSPS) is 19.4. The highest BCUT2D eigenvalue weighted by Gasteiger charge is 2.35. The fraction of sp³-hybridized carbons (Fsp3) is 0.571. The minimum Gasteiger partial charge on any atom is -0.378 e. The zero-order chi connectivity index (χ0) is 13.9. The summed E-state index contributed by atoms with van der Waals surface area (Å²) in [6, 6.07) is 8.29. The van der Waals surface area contributed by atoms with Crippen LogP contribution in [-0.4, -0.2) is 38.0 Å². The van der Waals surface area contributed by atoms with Crippen LogP contribution < -0.4 is 4.90 Å². The monoisotopic (exact) mass is 391 g/mol. The van der Waals surface area contributed by atoms with Gasteiger partial charge in [-0.25, -0.2) is 0 Å². The summed E-state index contributed by atoms with van der Waals surface area (Å²) in [4.78, 5) is 2.08. The Kier molecular flexibility index (Phi) is 5.29. The zero-order valence-corrected chi connectivity index (χ0v) is 14.4. The van der Waals surface area contributed by atoms with E-state index in [4.69, 9.17) is 9.47 Å². The number of rotatable bonds is 4. The molecule has 2 rings (SSSR count). The van der Waals surface area contributed by atoms with Gasteiger partial charge < -0.3 is 14.4 Å². The van der Waals surface area contributed by atoms with Crippen molar-refractivity contribution in [3.63, 3.8) is 0 Å². The largest absolute Gasteiger partial charge is 0.378 e. The van der Waals surface area contributed by atoms with E-state index in [-0.39, 0.29) is 11.7 Å². The van der Waals surface area contributed by atoms with Crippen molar-refractivity contribution in [3.05, 3.63) is 29.8 Å². The number of benzene rings is 1. The molecule has 0 aromatic heterocycles. The molecule has 0 aliphatic carbocycles. The highest BCUT2D eigenvalue weighted by atomic mass is 79.9. The molecule has 0 bridgehead atoms. The summed E-state index contributed by atoms with van der Waals surface area (Å²) in [6.07, 6.45) is -0.248. The predicted molar refractivity (Wildman–Crippen MR) is 85.4 cm³/mol. The van der Waals surface area contributed by atoms with Gasteiger partial charge in [0.1, 0.15) is 0 Å². The lowest BCUT2D eigenvalue weighted by molar-refractivity contribution is -0.223. The van der Waals surface area contributed by atoms with Gasteiger partial charge in [-0.3, -0.25) is 0 Å². The number of hydrogen-bond acceptors (Lipinski definition) is 3. The number of anilines is 1. The maximum absolute atomic E-state index is 5.87. The Morgan fingerprint density at radius 3 is 2.05 bits per heavy atom. The van der Waals surface area contributed by atoms with Crippen molar-refractivity contribution in [2.75, 3.05) is 42.9 Å². The van der Waals surface area contributed by atoms with Crippen LogP contribution in [0.5, 0.6) is 0 Å². The van der Waals surface area contributed by atoms with Crippen molar-refractivity contribution >= 4 is 37.5 Å². The molecule has 0 radical (unpaired) electrons. The van der Waals surface area contributed by atoms with E-state index in [1.54, 1.807) is 0 Å². The Morgan fingerprint density at radius 2 is 1.63 bits per heavy atom. The van der Waals surface area contributed by atoms with Gasteiger partial charge in [0.15, 0.2) is 6.29 Å². The third-order valence-electron chi connectivity index (χ3n) is 3.33. The van der Waals surface area contributed by atoms with Crippen LogP contribution in [0.15, 0.2) is 24.3 Å². The molecule has 1 fully saturated rings. The fourth-order valence-electron chi connectivity index (χ4n) is 1.91. The van der Waals surface area contributed by atoms with Crippen LogP contribution in [0.25, 0.3) is 0 Å². The number of nitrogens with zero attached hydrogens (tertiary/aromatic N) is 1. The minimum absolute atomic E-state index is 0.0417. The molecule has 5 heteroatoms. The molecule has 1 saturated heterocycles. The standard InChI is InChI=1S/C14H19Br2NO2/c1-17(2)12-5-3-11(4-6-12)13-18-9-14(7-15,8-16)10-19-13/h3-6,13H,7-10H2,1-2H3. The Balaban J connectivity index is 2.01. The van der Waals surface area contributed by atoms with E-state index in [1.807, 2.05) is 14.1 Å². The molecular formula is C14H19Br2NO2. The van der Waals surface area contributed by atoms with Gasteiger partial charge in [0, 0.05) is 41.4 Å². The number of halogens is 2. The maximum Gasteiger partial charge on any atom is 0.183 e. The number of ether oxygens (including phenoxy) is 2. The smallest absolute Gasteiger partial charge is 0.183 e. The zero-order valence-electron chi connectivity index (χ0n) is 11.2. The molecule has 0 atom stereocenters. The molecule has 1 aromatic carbocycles. The highest BCUT2D eigenvalue weighted by molar-refractivity contribution is 9.09. The molecule has 106 valence electrons. The SMILES string of the molecule is CN(C)c1ccc(C2OCC(CBr)(CBr)CO2)cc1. The summed E-state index contributed by atoms with van der Waals surface area (Å²) < 4.78 is 11.7. The first-order valence-electron chi connectivity index (χ1n) is 6.23. The topological polar surface area (TPSA) is 21.7 Å². The van der Waals surface area contributed by atoms with Crippen LogP contribution in [-0.2, 0) is 9.47 Å². The molecule has 0 N–H and O–H groups in total. The van der Waals surface area contributed by atoms with E-state index in [2.05, 4.69) is 61.0 Å². The predicted octanol–water partition coefficient (Wildman–Crippen LogP) is 3.57. The summed E-state index contributed by atoms with van der Waals surface area (Å²) in [5.41, 5.74) is 2.29. The molecule has 1 aromatic rings. The molecule has 0 unspecified atom stereocenters. The second kappa shape index (κ2) is 6.57. The minimum atomic E-state index is -0.248. The summed E-state index contributed by atoms with van der Waals surface area (Å²) in [6.45, 7) is 1.40. The Bertz CT molecular complexity index is 394. The molecule has 1 aliphatic heterocycles. The van der Waals surface area contributed by atoms with Crippen molar-refractivity contribution < 1.29 is 9.47 Å². The van der Waals surface area contributed by atoms with Crippen molar-refractivity contribution in [1.29, 1.82) is 0 Å². The van der Waals surface area contributed by atoms with Crippen molar-refractivity contribution in [1.82, 2.24) is 0 Å². The van der Waals surface area contributed by atoms with Crippen LogP contribution in [0.4, 0.5) is 5.69 Å². The van der Waals surface area contributed by atoms with Gasteiger partial charge >= 0.3 is 0 Å². The third kappa shape index (κ3) is 3.51. The van der Waals surface area contributed by atoms with Crippen LogP contribution in [0.2, 0.25) is 0 Å². The van der Waals surface area contributed by atoms with Gasteiger partial charge in [0.25, 0.3) is 0 Å². The van der Waals surface area contributed by atoms with Crippen LogP contribution in [0.3, 0.4) is 0 Å². The number of hydrogen-bond donors (Lipinski definition) is 0. The highest BCUT2D eigenvalue weighted by Crippen LogP contribution is 2.34. The van der Waals surface area contributed by atoms with E-state index in [0.717, 1.165) is 16.2 Å². The molecule has 0 saturated carbocycles. The second-order valence-corrected chi connectivity index (χ2v) is 6.33. The lowest BCUT2D eigenvalue weighted by atomic mass is 9.95. The summed E-state index contributed by atoms with van der Waals surface area (Å²) in [5.74, 6) is 0. The van der Waals surface area contributed by atoms with E-state index < -0.39 is 0 Å². The molecule has 1 heterocycles. The number of alkyl halides is 2. The van der Waals surface area contributed by atoms with Crippen molar-refractivity contribution in [2.45, 2.75) is 6.29 Å². The van der Waals surface area contributed by atoms with E-state index in [0.29, 0.717) is 13.2 Å². The van der Waals surface area contributed by atoms with E-state index in [1.165, 1.54) is 5.69 Å². The Hall–Kier alpha value is -0.100. The first-order chi connectivity index (χ1) is 9.10. The quantitative estimate of drug-likeness (QED) is 0.731. The molecular weight excluding hydrogens is 374 g/mol. The Morgan fingerprint density at radius 1 is 1.11 bits per heavy atom. The summed E-state index contributed by atoms with van der Waals surface area (Å²) in [5, 5.41) is 1.75. The molecule has 3 nitrogen and oxygen atoms in total. The van der Waals surface area contributed by atoms with E-state index in [9.17, 15) is 0 Å². The van der Waals surface area contributed by atoms with Crippen molar-refractivity contribution in [3.8, 4) is 0 Å². The average Bonchev–Trinajstić information content (AvgIpc) is 2.47. The van der Waals surface area contributed by atoms with Gasteiger partial charge in [0.05, 0.1) is 13.2 Å². The van der Waals surface area contributed by atoms with Gasteiger partial charge in [-0.15, -0.1) is 0 Å². The maximum atomic E-state index is 5.87. The second-order valence-electron chi connectivity index (χ2n) is 5.21. The van der Waals surface area contributed by atoms with E-state index >= 15 is 0 Å².